The van der Waals surface area contributed by atoms with Crippen molar-refractivity contribution in [1.29, 1.82) is 0 Å². The largest absolute Gasteiger partial charge is 0.508 e. The van der Waals surface area contributed by atoms with Crippen molar-refractivity contribution in [3.05, 3.63) is 59.9 Å². The van der Waals surface area contributed by atoms with Crippen molar-refractivity contribution >= 4 is 5.91 Å². The number of aromatic hydroxyl groups is 1. The molecule has 4 heteroatoms. The normalized spacial score (nSPS) is 10.2. The molecule has 0 spiro atoms. The molecule has 0 bridgehead atoms. The van der Waals surface area contributed by atoms with E-state index in [1.165, 1.54) is 0 Å². The zero-order valence-corrected chi connectivity index (χ0v) is 11.5. The fourth-order valence-corrected chi connectivity index (χ4v) is 1.95. The third kappa shape index (κ3) is 4.09. The number of hydrogen-bond donors (Lipinski definition) is 1. The van der Waals surface area contributed by atoms with Crippen molar-refractivity contribution in [1.82, 2.24) is 9.88 Å². The Hall–Kier alpha value is -2.36. The first kappa shape index (κ1) is 14.1. The Morgan fingerprint density at radius 2 is 1.95 bits per heavy atom. The van der Waals surface area contributed by atoms with Gasteiger partial charge in [0.1, 0.15) is 5.75 Å². The summed E-state index contributed by atoms with van der Waals surface area (Å²) in [4.78, 5) is 17.8. The van der Waals surface area contributed by atoms with Crippen molar-refractivity contribution < 1.29 is 9.90 Å². The summed E-state index contributed by atoms with van der Waals surface area (Å²) in [6.45, 7) is 0.548. The first-order chi connectivity index (χ1) is 9.65. The number of rotatable bonds is 5. The van der Waals surface area contributed by atoms with E-state index in [-0.39, 0.29) is 11.7 Å². The molecule has 1 heterocycles. The highest BCUT2D eigenvalue weighted by atomic mass is 16.3. The summed E-state index contributed by atoms with van der Waals surface area (Å²) in [5.74, 6) is 0.334. The van der Waals surface area contributed by atoms with Gasteiger partial charge in [0, 0.05) is 32.4 Å². The summed E-state index contributed by atoms with van der Waals surface area (Å²) in [5, 5.41) is 9.22. The van der Waals surface area contributed by atoms with E-state index in [1.807, 2.05) is 24.3 Å². The molecule has 0 radical (unpaired) electrons. The molecular formula is C16H18N2O2. The lowest BCUT2D eigenvalue weighted by atomic mass is 10.1. The molecule has 0 atom stereocenters. The number of phenols is 1. The summed E-state index contributed by atoms with van der Waals surface area (Å²) in [6, 6.07) is 10.7. The number of aryl methyl sites for hydroxylation is 1. The van der Waals surface area contributed by atoms with E-state index >= 15 is 0 Å². The number of benzene rings is 1. The van der Waals surface area contributed by atoms with Gasteiger partial charge in [0.05, 0.1) is 0 Å². The van der Waals surface area contributed by atoms with E-state index in [0.717, 1.165) is 11.1 Å². The smallest absolute Gasteiger partial charge is 0.222 e. The summed E-state index contributed by atoms with van der Waals surface area (Å²) < 4.78 is 0. The van der Waals surface area contributed by atoms with E-state index in [2.05, 4.69) is 4.98 Å². The molecule has 1 aromatic carbocycles. The van der Waals surface area contributed by atoms with Gasteiger partial charge < -0.3 is 10.0 Å². The predicted molar refractivity (Wildman–Crippen MR) is 77.1 cm³/mol. The molecule has 104 valence electrons. The molecule has 0 fully saturated rings. The van der Waals surface area contributed by atoms with Crippen LogP contribution in [-0.4, -0.2) is 27.9 Å². The lowest BCUT2D eigenvalue weighted by molar-refractivity contribution is -0.130. The number of amides is 1. The highest BCUT2D eigenvalue weighted by Gasteiger charge is 2.09. The highest BCUT2D eigenvalue weighted by Crippen LogP contribution is 2.12. The molecule has 0 aliphatic carbocycles. The summed E-state index contributed by atoms with van der Waals surface area (Å²) in [5.41, 5.74) is 2.07. The number of carbonyl (C=O) groups excluding carboxylic acids is 1. The minimum absolute atomic E-state index is 0.0990. The van der Waals surface area contributed by atoms with Crippen LogP contribution in [-0.2, 0) is 17.8 Å². The Balaban J connectivity index is 1.84. The molecule has 1 aromatic heterocycles. The number of phenolic OH excluding ortho intramolecular Hbond substituents is 1. The van der Waals surface area contributed by atoms with E-state index in [1.54, 1.807) is 36.5 Å². The molecule has 2 rings (SSSR count). The Labute approximate surface area is 118 Å². The Bertz CT molecular complexity index is 552. The van der Waals surface area contributed by atoms with Gasteiger partial charge in [-0.15, -0.1) is 0 Å². The fraction of sp³-hybridized carbons (Fsp3) is 0.250. The van der Waals surface area contributed by atoms with Crippen LogP contribution in [0.3, 0.4) is 0 Å². The Morgan fingerprint density at radius 3 is 2.60 bits per heavy atom. The van der Waals surface area contributed by atoms with Crippen molar-refractivity contribution in [2.75, 3.05) is 7.05 Å². The first-order valence-electron chi connectivity index (χ1n) is 6.56. The standard InChI is InChI=1S/C16H18N2O2/c1-18(12-14-4-7-15(19)8-5-14)16(20)9-6-13-3-2-10-17-11-13/h2-5,7-8,10-11,19H,6,9,12H2,1H3. The maximum absolute atomic E-state index is 12.0. The number of hydrogen-bond acceptors (Lipinski definition) is 3. The molecule has 1 amide bonds. The average molecular weight is 270 g/mol. The van der Waals surface area contributed by atoms with Crippen LogP contribution in [0, 0.1) is 0 Å². The van der Waals surface area contributed by atoms with Gasteiger partial charge in [-0.05, 0) is 35.7 Å². The number of nitrogens with zero attached hydrogens (tertiary/aromatic N) is 2. The number of pyridine rings is 1. The SMILES string of the molecule is CN(Cc1ccc(O)cc1)C(=O)CCc1cccnc1. The van der Waals surface area contributed by atoms with Crippen molar-refractivity contribution in [3.63, 3.8) is 0 Å². The minimum atomic E-state index is 0.0990. The highest BCUT2D eigenvalue weighted by molar-refractivity contribution is 5.76. The molecule has 2 aromatic rings. The second-order valence-electron chi connectivity index (χ2n) is 4.78. The molecule has 0 aliphatic heterocycles. The quantitative estimate of drug-likeness (QED) is 0.907. The number of aromatic nitrogens is 1. The van der Waals surface area contributed by atoms with Crippen LogP contribution in [0.5, 0.6) is 5.75 Å². The maximum Gasteiger partial charge on any atom is 0.222 e. The Kier molecular flexibility index (Phi) is 4.71. The summed E-state index contributed by atoms with van der Waals surface area (Å²) >= 11 is 0. The van der Waals surface area contributed by atoms with Crippen molar-refractivity contribution in [3.8, 4) is 5.75 Å². The van der Waals surface area contributed by atoms with Gasteiger partial charge in [0.25, 0.3) is 0 Å². The first-order valence-corrected chi connectivity index (χ1v) is 6.56. The van der Waals surface area contributed by atoms with Crippen LogP contribution in [0.25, 0.3) is 0 Å². The topological polar surface area (TPSA) is 53.4 Å². The predicted octanol–water partition coefficient (Wildman–Crippen LogP) is 2.38. The molecule has 0 saturated heterocycles. The molecule has 0 saturated carbocycles. The van der Waals surface area contributed by atoms with Gasteiger partial charge in [0.2, 0.25) is 5.91 Å². The van der Waals surface area contributed by atoms with Crippen LogP contribution >= 0.6 is 0 Å². The molecular weight excluding hydrogens is 252 g/mol. The van der Waals surface area contributed by atoms with Crippen LogP contribution in [0.2, 0.25) is 0 Å². The van der Waals surface area contributed by atoms with Gasteiger partial charge in [-0.2, -0.15) is 0 Å². The van der Waals surface area contributed by atoms with Crippen molar-refractivity contribution in [2.45, 2.75) is 19.4 Å². The van der Waals surface area contributed by atoms with Crippen LogP contribution < -0.4 is 0 Å². The monoisotopic (exact) mass is 270 g/mol. The van der Waals surface area contributed by atoms with E-state index < -0.39 is 0 Å². The molecule has 0 unspecified atom stereocenters. The Morgan fingerprint density at radius 1 is 1.20 bits per heavy atom. The third-order valence-corrected chi connectivity index (χ3v) is 3.13. The van der Waals surface area contributed by atoms with Gasteiger partial charge in [-0.3, -0.25) is 9.78 Å². The number of carbonyl (C=O) groups is 1. The zero-order chi connectivity index (χ0) is 14.4. The second-order valence-corrected chi connectivity index (χ2v) is 4.78. The van der Waals surface area contributed by atoms with Gasteiger partial charge in [-0.1, -0.05) is 18.2 Å². The van der Waals surface area contributed by atoms with Crippen LogP contribution in [0.15, 0.2) is 48.8 Å². The van der Waals surface area contributed by atoms with E-state index in [9.17, 15) is 9.90 Å². The minimum Gasteiger partial charge on any atom is -0.508 e. The summed E-state index contributed by atoms with van der Waals surface area (Å²) in [6.07, 6.45) is 4.68. The molecule has 0 aliphatic rings. The van der Waals surface area contributed by atoms with E-state index in [0.29, 0.717) is 19.4 Å². The molecule has 4 nitrogen and oxygen atoms in total. The third-order valence-electron chi connectivity index (χ3n) is 3.13. The van der Waals surface area contributed by atoms with Crippen LogP contribution in [0.1, 0.15) is 17.5 Å². The fourth-order valence-electron chi connectivity index (χ4n) is 1.95. The maximum atomic E-state index is 12.0. The van der Waals surface area contributed by atoms with Gasteiger partial charge >= 0.3 is 0 Å². The summed E-state index contributed by atoms with van der Waals surface area (Å²) in [7, 11) is 1.79. The molecule has 20 heavy (non-hydrogen) atoms. The molecule has 1 N–H and O–H groups in total. The lowest BCUT2D eigenvalue weighted by Crippen LogP contribution is -2.26. The second kappa shape index (κ2) is 6.70. The lowest BCUT2D eigenvalue weighted by Gasteiger charge is -2.17. The van der Waals surface area contributed by atoms with E-state index in [4.69, 9.17) is 0 Å². The van der Waals surface area contributed by atoms with Gasteiger partial charge in [-0.25, -0.2) is 0 Å². The zero-order valence-electron chi connectivity index (χ0n) is 11.5. The van der Waals surface area contributed by atoms with Crippen molar-refractivity contribution in [2.24, 2.45) is 0 Å². The van der Waals surface area contributed by atoms with Crippen LogP contribution in [0.4, 0.5) is 0 Å². The van der Waals surface area contributed by atoms with Gasteiger partial charge in [0.15, 0.2) is 0 Å². The average Bonchev–Trinajstić information content (AvgIpc) is 2.48.